The average Bonchev–Trinajstić information content (AvgIpc) is 3.07. The van der Waals surface area contributed by atoms with E-state index in [2.05, 4.69) is 39.5 Å². The first kappa shape index (κ1) is 11.7. The van der Waals surface area contributed by atoms with Crippen LogP contribution in [0.25, 0.3) is 22.2 Å². The van der Waals surface area contributed by atoms with E-state index in [-0.39, 0.29) is 0 Å². The third-order valence-corrected chi connectivity index (χ3v) is 3.16. The van der Waals surface area contributed by atoms with Crippen LogP contribution in [0.3, 0.4) is 0 Å². The second-order valence-corrected chi connectivity index (χ2v) is 4.45. The molecule has 0 unspecified atom stereocenters. The highest BCUT2D eigenvalue weighted by molar-refractivity contribution is 5.92. The van der Waals surface area contributed by atoms with Crippen LogP contribution >= 0.6 is 0 Å². The number of aromatic amines is 1. The summed E-state index contributed by atoms with van der Waals surface area (Å²) >= 11 is 0. The average molecular weight is 252 g/mol. The topological polar surface area (TPSA) is 46.5 Å². The van der Waals surface area contributed by atoms with Crippen LogP contribution in [0.1, 0.15) is 13.3 Å². The molecule has 3 rings (SSSR count). The molecule has 0 aliphatic rings. The first-order valence-corrected chi connectivity index (χ1v) is 6.44. The van der Waals surface area contributed by atoms with E-state index in [0.717, 1.165) is 29.6 Å². The summed E-state index contributed by atoms with van der Waals surface area (Å²) in [5.41, 5.74) is 3.22. The van der Waals surface area contributed by atoms with Gasteiger partial charge in [-0.05, 0) is 31.0 Å². The highest BCUT2D eigenvalue weighted by Crippen LogP contribution is 2.26. The molecule has 0 saturated carbocycles. The van der Waals surface area contributed by atoms with Gasteiger partial charge in [0.1, 0.15) is 5.65 Å². The van der Waals surface area contributed by atoms with Crippen molar-refractivity contribution in [2.24, 2.45) is 0 Å². The number of rotatable bonds is 4. The smallest absolute Gasteiger partial charge is 0.137 e. The molecule has 3 aromatic rings. The molecule has 0 saturated heterocycles. The predicted octanol–water partition coefficient (Wildman–Crippen LogP) is 3.39. The fourth-order valence-corrected chi connectivity index (χ4v) is 2.21. The Bertz CT molecular complexity index is 706. The standard InChI is InChI=1S/C15H16N4/c1-2-3-4-9-19-11-12(10-18-19)13-5-7-16-15-14(13)6-8-17-15/h2-3,5-8,10-11H,4,9H2,1H3,(H,16,17). The number of aromatic nitrogens is 4. The Morgan fingerprint density at radius 1 is 1.37 bits per heavy atom. The first-order chi connectivity index (χ1) is 9.38. The minimum atomic E-state index is 0.908. The van der Waals surface area contributed by atoms with Crippen LogP contribution in [0.5, 0.6) is 0 Å². The van der Waals surface area contributed by atoms with Crippen molar-refractivity contribution in [1.29, 1.82) is 0 Å². The van der Waals surface area contributed by atoms with Crippen LogP contribution in [-0.2, 0) is 6.54 Å². The highest BCUT2D eigenvalue weighted by Gasteiger charge is 2.07. The van der Waals surface area contributed by atoms with E-state index in [0.29, 0.717) is 0 Å². The molecule has 4 nitrogen and oxygen atoms in total. The number of nitrogens with one attached hydrogen (secondary N) is 1. The summed E-state index contributed by atoms with van der Waals surface area (Å²) in [7, 11) is 0. The molecule has 0 aliphatic carbocycles. The molecule has 0 aliphatic heterocycles. The van der Waals surface area contributed by atoms with E-state index in [1.165, 1.54) is 5.56 Å². The van der Waals surface area contributed by atoms with Crippen LogP contribution in [0.4, 0.5) is 0 Å². The Morgan fingerprint density at radius 3 is 3.21 bits per heavy atom. The number of hydrogen-bond donors (Lipinski definition) is 1. The quantitative estimate of drug-likeness (QED) is 0.723. The van der Waals surface area contributed by atoms with E-state index < -0.39 is 0 Å². The van der Waals surface area contributed by atoms with Crippen molar-refractivity contribution in [2.75, 3.05) is 0 Å². The third kappa shape index (κ3) is 2.29. The maximum absolute atomic E-state index is 4.41. The number of nitrogens with zero attached hydrogens (tertiary/aromatic N) is 3. The zero-order valence-corrected chi connectivity index (χ0v) is 10.9. The lowest BCUT2D eigenvalue weighted by atomic mass is 10.1. The van der Waals surface area contributed by atoms with Gasteiger partial charge in [-0.3, -0.25) is 4.68 Å². The number of allylic oxidation sites excluding steroid dienone is 2. The SMILES string of the molecule is CC=CCCn1cc(-c2ccnc3[nH]ccc23)cn1. The van der Waals surface area contributed by atoms with E-state index >= 15 is 0 Å². The van der Waals surface area contributed by atoms with Crippen LogP contribution < -0.4 is 0 Å². The fraction of sp³-hybridized carbons (Fsp3) is 0.200. The van der Waals surface area contributed by atoms with Gasteiger partial charge in [0, 0.05) is 36.1 Å². The Kier molecular flexibility index (Phi) is 3.14. The molecule has 0 aromatic carbocycles. The Hall–Kier alpha value is -2.36. The Morgan fingerprint density at radius 2 is 2.32 bits per heavy atom. The molecule has 19 heavy (non-hydrogen) atoms. The molecule has 0 fully saturated rings. The third-order valence-electron chi connectivity index (χ3n) is 3.16. The van der Waals surface area contributed by atoms with Crippen molar-refractivity contribution in [3.8, 4) is 11.1 Å². The minimum Gasteiger partial charge on any atom is -0.346 e. The van der Waals surface area contributed by atoms with Gasteiger partial charge in [-0.25, -0.2) is 4.98 Å². The molecule has 3 heterocycles. The van der Waals surface area contributed by atoms with E-state index in [1.54, 1.807) is 0 Å². The fourth-order valence-electron chi connectivity index (χ4n) is 2.21. The number of aryl methyl sites for hydroxylation is 1. The number of fused-ring (bicyclic) bond motifs is 1. The Labute approximate surface area is 111 Å². The molecule has 1 N–H and O–H groups in total. The van der Waals surface area contributed by atoms with E-state index in [1.807, 2.05) is 36.3 Å². The summed E-state index contributed by atoms with van der Waals surface area (Å²) in [6, 6.07) is 4.08. The van der Waals surface area contributed by atoms with Crippen LogP contribution in [0.2, 0.25) is 0 Å². The van der Waals surface area contributed by atoms with Gasteiger partial charge in [-0.2, -0.15) is 5.10 Å². The largest absolute Gasteiger partial charge is 0.346 e. The Balaban J connectivity index is 1.92. The zero-order chi connectivity index (χ0) is 13.1. The maximum Gasteiger partial charge on any atom is 0.137 e. The maximum atomic E-state index is 4.41. The van der Waals surface area contributed by atoms with E-state index in [9.17, 15) is 0 Å². The molecule has 0 atom stereocenters. The van der Waals surface area contributed by atoms with Crippen LogP contribution in [0, 0.1) is 0 Å². The summed E-state index contributed by atoms with van der Waals surface area (Å²) in [4.78, 5) is 7.43. The highest BCUT2D eigenvalue weighted by atomic mass is 15.3. The van der Waals surface area contributed by atoms with Gasteiger partial charge in [0.05, 0.1) is 6.20 Å². The van der Waals surface area contributed by atoms with Crippen molar-refractivity contribution < 1.29 is 0 Å². The molecular weight excluding hydrogens is 236 g/mol. The normalized spacial score (nSPS) is 11.6. The van der Waals surface area contributed by atoms with Crippen molar-refractivity contribution in [1.82, 2.24) is 19.7 Å². The number of H-pyrrole nitrogens is 1. The van der Waals surface area contributed by atoms with E-state index in [4.69, 9.17) is 0 Å². The molecule has 0 amide bonds. The molecule has 4 heteroatoms. The first-order valence-electron chi connectivity index (χ1n) is 6.44. The van der Waals surface area contributed by atoms with Gasteiger partial charge in [0.2, 0.25) is 0 Å². The number of pyridine rings is 1. The molecule has 0 spiro atoms. The predicted molar refractivity (Wildman–Crippen MR) is 76.7 cm³/mol. The summed E-state index contributed by atoms with van der Waals surface area (Å²) in [6.07, 6.45) is 13.0. The van der Waals surface area contributed by atoms with Gasteiger partial charge in [-0.1, -0.05) is 12.2 Å². The van der Waals surface area contributed by atoms with Gasteiger partial charge >= 0.3 is 0 Å². The molecule has 0 bridgehead atoms. The van der Waals surface area contributed by atoms with Gasteiger partial charge in [-0.15, -0.1) is 0 Å². The zero-order valence-electron chi connectivity index (χ0n) is 10.9. The second-order valence-electron chi connectivity index (χ2n) is 4.45. The lowest BCUT2D eigenvalue weighted by Crippen LogP contribution is -1.96. The van der Waals surface area contributed by atoms with Gasteiger partial charge in [0.15, 0.2) is 0 Å². The summed E-state index contributed by atoms with van der Waals surface area (Å²) in [6.45, 7) is 2.94. The van der Waals surface area contributed by atoms with Gasteiger partial charge < -0.3 is 4.98 Å². The molecular formula is C15H16N4. The summed E-state index contributed by atoms with van der Waals surface area (Å²) in [5, 5.41) is 5.54. The van der Waals surface area contributed by atoms with Crippen molar-refractivity contribution in [3.63, 3.8) is 0 Å². The van der Waals surface area contributed by atoms with Crippen molar-refractivity contribution in [3.05, 3.63) is 49.1 Å². The lowest BCUT2D eigenvalue weighted by Gasteiger charge is -1.99. The molecule has 3 aromatic heterocycles. The minimum absolute atomic E-state index is 0.908. The van der Waals surface area contributed by atoms with Crippen LogP contribution in [0.15, 0.2) is 49.1 Å². The van der Waals surface area contributed by atoms with Crippen LogP contribution in [-0.4, -0.2) is 19.7 Å². The lowest BCUT2D eigenvalue weighted by molar-refractivity contribution is 0.623. The second kappa shape index (κ2) is 5.10. The van der Waals surface area contributed by atoms with Crippen molar-refractivity contribution in [2.45, 2.75) is 19.9 Å². The monoisotopic (exact) mass is 252 g/mol. The van der Waals surface area contributed by atoms with Crippen molar-refractivity contribution >= 4 is 11.0 Å². The summed E-state index contributed by atoms with van der Waals surface area (Å²) < 4.78 is 1.98. The molecule has 0 radical (unpaired) electrons. The van der Waals surface area contributed by atoms with Gasteiger partial charge in [0.25, 0.3) is 0 Å². The molecule has 96 valence electrons. The number of hydrogen-bond acceptors (Lipinski definition) is 2. The summed E-state index contributed by atoms with van der Waals surface area (Å²) in [5.74, 6) is 0.